The van der Waals surface area contributed by atoms with E-state index in [-0.39, 0.29) is 17.7 Å². The molecule has 1 fully saturated rings. The van der Waals surface area contributed by atoms with E-state index in [1.54, 1.807) is 0 Å². The number of fused-ring (bicyclic) bond motifs is 7. The Morgan fingerprint density at radius 2 is 2.11 bits per heavy atom. The van der Waals surface area contributed by atoms with E-state index in [0.717, 1.165) is 55.1 Å². The van der Waals surface area contributed by atoms with E-state index in [9.17, 15) is 4.79 Å². The maximum atomic E-state index is 12.0. The second-order valence-corrected chi connectivity index (χ2v) is 8.13. The first-order valence-electron chi connectivity index (χ1n) is 9.98. The van der Waals surface area contributed by atoms with Crippen LogP contribution in [0.4, 0.5) is 16.3 Å². The topological polar surface area (TPSA) is 104 Å². The van der Waals surface area contributed by atoms with Crippen molar-refractivity contribution in [2.24, 2.45) is 0 Å². The monoisotopic (exact) mass is 384 g/mol. The van der Waals surface area contributed by atoms with Crippen molar-refractivity contribution < 1.29 is 9.53 Å². The lowest BCUT2D eigenvalue weighted by Crippen LogP contribution is -2.39. The SMILES string of the molecule is CC1(C)NCCCNC(=O)O[C@@H]2CC[C@@H](C2)c2cc(n[nH]2)Nc2ccnc1c2. The van der Waals surface area contributed by atoms with E-state index in [4.69, 9.17) is 4.74 Å². The van der Waals surface area contributed by atoms with Gasteiger partial charge < -0.3 is 20.7 Å². The molecule has 0 saturated heterocycles. The average molecular weight is 384 g/mol. The van der Waals surface area contributed by atoms with Gasteiger partial charge >= 0.3 is 6.09 Å². The number of aromatic nitrogens is 3. The van der Waals surface area contributed by atoms with Crippen molar-refractivity contribution in [1.29, 1.82) is 0 Å². The molecule has 1 aliphatic heterocycles. The Bertz CT molecular complexity index is 834. The van der Waals surface area contributed by atoms with Crippen LogP contribution >= 0.6 is 0 Å². The van der Waals surface area contributed by atoms with Crippen LogP contribution in [0.3, 0.4) is 0 Å². The van der Waals surface area contributed by atoms with Crippen molar-refractivity contribution in [3.63, 3.8) is 0 Å². The molecule has 3 heterocycles. The Hall–Kier alpha value is -2.61. The molecule has 0 spiro atoms. The molecule has 0 radical (unpaired) electrons. The normalized spacial score (nSPS) is 25.0. The van der Waals surface area contributed by atoms with Crippen molar-refractivity contribution >= 4 is 17.6 Å². The number of hydrogen-bond acceptors (Lipinski definition) is 6. The molecule has 0 unspecified atom stereocenters. The Balaban J connectivity index is 1.57. The number of nitrogens with zero attached hydrogens (tertiary/aromatic N) is 2. The summed E-state index contributed by atoms with van der Waals surface area (Å²) in [7, 11) is 0. The van der Waals surface area contributed by atoms with Crippen LogP contribution in [0.1, 0.15) is 56.8 Å². The number of carbonyl (C=O) groups excluding carboxylic acids is 1. The summed E-state index contributed by atoms with van der Waals surface area (Å²) in [6, 6.07) is 6.03. The Morgan fingerprint density at radius 1 is 1.21 bits per heavy atom. The van der Waals surface area contributed by atoms with Gasteiger partial charge in [0.2, 0.25) is 0 Å². The predicted octanol–water partition coefficient (Wildman–Crippen LogP) is 3.14. The third-order valence-electron chi connectivity index (χ3n) is 5.56. The van der Waals surface area contributed by atoms with E-state index < -0.39 is 0 Å². The third kappa shape index (κ3) is 4.27. The number of H-pyrrole nitrogens is 1. The summed E-state index contributed by atoms with van der Waals surface area (Å²) >= 11 is 0. The molecule has 2 aromatic heterocycles. The fraction of sp³-hybridized carbons (Fsp3) is 0.550. The van der Waals surface area contributed by atoms with E-state index in [0.29, 0.717) is 12.5 Å². The zero-order valence-corrected chi connectivity index (χ0v) is 16.4. The van der Waals surface area contributed by atoms with Crippen LogP contribution in [0.15, 0.2) is 24.4 Å². The van der Waals surface area contributed by atoms with Gasteiger partial charge in [0, 0.05) is 36.1 Å². The second-order valence-electron chi connectivity index (χ2n) is 8.13. The summed E-state index contributed by atoms with van der Waals surface area (Å²) in [5.74, 6) is 1.11. The van der Waals surface area contributed by atoms with Crippen molar-refractivity contribution in [3.8, 4) is 0 Å². The minimum Gasteiger partial charge on any atom is -0.446 e. The third-order valence-corrected chi connectivity index (χ3v) is 5.56. The summed E-state index contributed by atoms with van der Waals surface area (Å²) in [6.07, 6.45) is 4.95. The van der Waals surface area contributed by atoms with Crippen molar-refractivity contribution in [3.05, 3.63) is 35.8 Å². The minimum absolute atomic E-state index is 0.0385. The summed E-state index contributed by atoms with van der Waals surface area (Å²) in [5, 5.41) is 17.3. The lowest BCUT2D eigenvalue weighted by Gasteiger charge is -2.26. The van der Waals surface area contributed by atoms with Gasteiger partial charge in [-0.2, -0.15) is 5.10 Å². The first kappa shape index (κ1) is 18.7. The molecular weight excluding hydrogens is 356 g/mol. The van der Waals surface area contributed by atoms with E-state index >= 15 is 0 Å². The van der Waals surface area contributed by atoms with Crippen molar-refractivity contribution in [2.75, 3.05) is 18.4 Å². The van der Waals surface area contributed by atoms with Crippen LogP contribution in [-0.4, -0.2) is 40.5 Å². The predicted molar refractivity (Wildman–Crippen MR) is 107 cm³/mol. The van der Waals surface area contributed by atoms with Gasteiger partial charge in [-0.25, -0.2) is 4.79 Å². The first-order chi connectivity index (χ1) is 13.5. The maximum Gasteiger partial charge on any atom is 0.407 e. The van der Waals surface area contributed by atoms with Crippen molar-refractivity contribution in [2.45, 2.75) is 57.1 Å². The van der Waals surface area contributed by atoms with E-state index in [1.165, 1.54) is 0 Å². The molecule has 4 rings (SSSR count). The zero-order chi connectivity index (χ0) is 19.6. The molecular formula is C20H28N6O2. The second kappa shape index (κ2) is 7.79. The maximum absolute atomic E-state index is 12.0. The molecule has 2 aliphatic rings. The minimum atomic E-state index is -0.327. The first-order valence-corrected chi connectivity index (χ1v) is 9.98. The number of alkyl carbamates (subject to hydrolysis) is 1. The molecule has 2 aromatic rings. The van der Waals surface area contributed by atoms with E-state index in [2.05, 4.69) is 45.0 Å². The summed E-state index contributed by atoms with van der Waals surface area (Å²) < 4.78 is 5.58. The van der Waals surface area contributed by atoms with E-state index in [1.807, 2.05) is 24.4 Å². The average Bonchev–Trinajstić information content (AvgIpc) is 3.30. The van der Waals surface area contributed by atoms with Crippen LogP contribution in [0.2, 0.25) is 0 Å². The zero-order valence-electron chi connectivity index (χ0n) is 16.4. The number of ether oxygens (including phenoxy) is 1. The smallest absolute Gasteiger partial charge is 0.407 e. The molecule has 150 valence electrons. The summed E-state index contributed by atoms with van der Waals surface area (Å²) in [4.78, 5) is 16.6. The lowest BCUT2D eigenvalue weighted by molar-refractivity contribution is 0.100. The van der Waals surface area contributed by atoms with Crippen LogP contribution in [0.25, 0.3) is 0 Å². The van der Waals surface area contributed by atoms with Gasteiger partial charge in [0.1, 0.15) is 6.10 Å². The van der Waals surface area contributed by atoms with Gasteiger partial charge in [-0.05, 0) is 58.2 Å². The summed E-state index contributed by atoms with van der Waals surface area (Å²) in [6.45, 7) is 5.55. The van der Waals surface area contributed by atoms with Crippen LogP contribution in [-0.2, 0) is 10.3 Å². The molecule has 6 bridgehead atoms. The standard InChI is InChI=1S/C20H28N6O2/c1-20(2)17-11-14(6-9-21-17)24-18-12-16(25-26-18)13-4-5-15(10-13)28-19(27)22-7-3-8-23-20/h6,9,11-13,15,23H,3-5,7-8,10H2,1-2H3,(H,22,27)(H2,24,25,26)/t13-,15+/m0/s1. The molecule has 8 nitrogen and oxygen atoms in total. The fourth-order valence-corrected chi connectivity index (χ4v) is 3.90. The molecule has 0 aromatic carbocycles. The summed E-state index contributed by atoms with van der Waals surface area (Å²) in [5.41, 5.74) is 2.69. The van der Waals surface area contributed by atoms with Gasteiger partial charge in [0.05, 0.1) is 11.2 Å². The largest absolute Gasteiger partial charge is 0.446 e. The number of carbonyl (C=O) groups is 1. The fourth-order valence-electron chi connectivity index (χ4n) is 3.90. The van der Waals surface area contributed by atoms with Gasteiger partial charge in [-0.1, -0.05) is 0 Å². The van der Waals surface area contributed by atoms with Crippen LogP contribution in [0, 0.1) is 0 Å². The highest BCUT2D eigenvalue weighted by Crippen LogP contribution is 2.36. The number of hydrogen-bond donors (Lipinski definition) is 4. The quantitative estimate of drug-likeness (QED) is 0.556. The molecule has 28 heavy (non-hydrogen) atoms. The molecule has 8 heteroatoms. The van der Waals surface area contributed by atoms with Gasteiger partial charge in [-0.3, -0.25) is 10.1 Å². The molecule has 2 atom stereocenters. The Morgan fingerprint density at radius 3 is 3.00 bits per heavy atom. The lowest BCUT2D eigenvalue weighted by atomic mass is 9.99. The molecule has 1 amide bonds. The number of aromatic amines is 1. The van der Waals surface area contributed by atoms with Gasteiger partial charge in [0.25, 0.3) is 0 Å². The number of rotatable bonds is 0. The number of pyridine rings is 1. The van der Waals surface area contributed by atoms with Gasteiger partial charge in [-0.15, -0.1) is 0 Å². The molecule has 1 aliphatic carbocycles. The Labute approximate surface area is 164 Å². The molecule has 1 saturated carbocycles. The Kier molecular flexibility index (Phi) is 5.21. The van der Waals surface area contributed by atoms with Crippen LogP contribution < -0.4 is 16.0 Å². The molecule has 4 N–H and O–H groups in total. The number of amides is 1. The highest BCUT2D eigenvalue weighted by atomic mass is 16.6. The van der Waals surface area contributed by atoms with Crippen molar-refractivity contribution in [1.82, 2.24) is 25.8 Å². The van der Waals surface area contributed by atoms with Gasteiger partial charge in [0.15, 0.2) is 5.82 Å². The van der Waals surface area contributed by atoms with Crippen LogP contribution in [0.5, 0.6) is 0 Å². The highest BCUT2D eigenvalue weighted by molar-refractivity contribution is 5.67. The highest BCUT2D eigenvalue weighted by Gasteiger charge is 2.30. The number of nitrogens with one attached hydrogen (secondary N) is 4. The number of anilines is 2.